The van der Waals surface area contributed by atoms with Crippen molar-refractivity contribution in [2.45, 2.75) is 10.2 Å². The van der Waals surface area contributed by atoms with Gasteiger partial charge in [0.1, 0.15) is 24.4 Å². The first-order valence-corrected chi connectivity index (χ1v) is 8.29. The molecule has 3 heterocycles. The molecule has 0 saturated heterocycles. The first-order valence-electron chi connectivity index (χ1n) is 7.47. The van der Waals surface area contributed by atoms with Gasteiger partial charge in [0.05, 0.1) is 10.6 Å². The maximum absolute atomic E-state index is 12.2. The van der Waals surface area contributed by atoms with E-state index in [0.717, 1.165) is 18.0 Å². The van der Waals surface area contributed by atoms with Gasteiger partial charge in [-0.15, -0.1) is 5.10 Å². The highest BCUT2D eigenvalue weighted by Crippen LogP contribution is 2.33. The fourth-order valence-corrected chi connectivity index (χ4v) is 3.18. The summed E-state index contributed by atoms with van der Waals surface area (Å²) in [4.78, 5) is 26.4. The number of benzene rings is 1. The maximum atomic E-state index is 12.2. The van der Waals surface area contributed by atoms with Gasteiger partial charge in [-0.2, -0.15) is 0 Å². The van der Waals surface area contributed by atoms with Crippen molar-refractivity contribution in [3.63, 3.8) is 0 Å². The predicted molar refractivity (Wildman–Crippen MR) is 90.2 cm³/mol. The first kappa shape index (κ1) is 16.1. The van der Waals surface area contributed by atoms with Gasteiger partial charge in [0.2, 0.25) is 5.16 Å². The molecule has 0 unspecified atom stereocenters. The van der Waals surface area contributed by atoms with Crippen LogP contribution in [0.5, 0.6) is 11.5 Å². The molecule has 0 saturated carbocycles. The summed E-state index contributed by atoms with van der Waals surface area (Å²) in [5.74, 6) is 1.16. The molecule has 3 aromatic rings. The van der Waals surface area contributed by atoms with Gasteiger partial charge in [0.15, 0.2) is 11.5 Å². The van der Waals surface area contributed by atoms with Gasteiger partial charge in [-0.25, -0.2) is 19.4 Å². The summed E-state index contributed by atoms with van der Waals surface area (Å²) in [7, 11) is 0. The van der Waals surface area contributed by atoms with E-state index in [2.05, 4.69) is 15.2 Å². The third-order valence-electron chi connectivity index (χ3n) is 3.55. The number of nitrogens with zero attached hydrogens (tertiary/aromatic N) is 4. The molecule has 0 aliphatic carbocycles. The zero-order valence-corrected chi connectivity index (χ0v) is 13.9. The van der Waals surface area contributed by atoms with E-state index in [4.69, 9.17) is 9.47 Å². The second-order valence-electron chi connectivity index (χ2n) is 5.19. The zero-order chi connectivity index (χ0) is 18.1. The van der Waals surface area contributed by atoms with Crippen LogP contribution >= 0.6 is 11.8 Å². The van der Waals surface area contributed by atoms with Crippen LogP contribution in [0.4, 0.5) is 5.69 Å². The lowest BCUT2D eigenvalue weighted by Crippen LogP contribution is -2.18. The quantitative estimate of drug-likeness (QED) is 0.542. The minimum Gasteiger partial charge on any atom is -0.486 e. The highest BCUT2D eigenvalue weighted by Gasteiger charge is 2.17. The lowest BCUT2D eigenvalue weighted by molar-refractivity contribution is -0.385. The van der Waals surface area contributed by atoms with Crippen LogP contribution in [0.2, 0.25) is 0 Å². The average molecular weight is 373 g/mol. The van der Waals surface area contributed by atoms with Crippen molar-refractivity contribution >= 4 is 17.4 Å². The van der Waals surface area contributed by atoms with Crippen LogP contribution in [-0.2, 0) is 0 Å². The van der Waals surface area contributed by atoms with E-state index >= 15 is 0 Å². The van der Waals surface area contributed by atoms with Gasteiger partial charge >= 0.3 is 5.69 Å². The number of hydrogen-bond acceptors (Lipinski definition) is 8. The summed E-state index contributed by atoms with van der Waals surface area (Å²) >= 11 is 1.10. The molecule has 1 N–H and O–H groups in total. The molecule has 0 bridgehead atoms. The minimum atomic E-state index is -0.527. The third kappa shape index (κ3) is 2.99. The van der Waals surface area contributed by atoms with Gasteiger partial charge in [-0.3, -0.25) is 10.1 Å². The first-order chi connectivity index (χ1) is 12.6. The number of pyridine rings is 1. The van der Waals surface area contributed by atoms with E-state index in [1.54, 1.807) is 18.2 Å². The van der Waals surface area contributed by atoms with Gasteiger partial charge in [0, 0.05) is 12.1 Å². The van der Waals surface area contributed by atoms with E-state index in [-0.39, 0.29) is 5.69 Å². The summed E-state index contributed by atoms with van der Waals surface area (Å²) in [5.41, 5.74) is 0.0177. The number of rotatable bonds is 4. The molecule has 0 atom stereocenters. The molecule has 0 amide bonds. The van der Waals surface area contributed by atoms with Crippen molar-refractivity contribution in [3.8, 4) is 17.2 Å². The number of fused-ring (bicyclic) bond motifs is 1. The Balaban J connectivity index is 1.67. The third-order valence-corrected chi connectivity index (χ3v) is 4.46. The molecule has 1 aliphatic rings. The number of ether oxygens (including phenoxy) is 2. The lowest BCUT2D eigenvalue weighted by Gasteiger charge is -2.19. The zero-order valence-electron chi connectivity index (χ0n) is 13.1. The number of nitro groups is 1. The fraction of sp³-hybridized carbons (Fsp3) is 0.133. The van der Waals surface area contributed by atoms with Crippen LogP contribution in [0.15, 0.2) is 51.5 Å². The van der Waals surface area contributed by atoms with Gasteiger partial charge in [-0.1, -0.05) is 0 Å². The van der Waals surface area contributed by atoms with Crippen LogP contribution in [0.25, 0.3) is 5.69 Å². The maximum Gasteiger partial charge on any atom is 0.348 e. The summed E-state index contributed by atoms with van der Waals surface area (Å²) in [5, 5.41) is 17.9. The average Bonchev–Trinajstić information content (AvgIpc) is 3.02. The second kappa shape index (κ2) is 6.52. The Morgan fingerprint density at radius 2 is 2.00 bits per heavy atom. The van der Waals surface area contributed by atoms with Crippen molar-refractivity contribution in [2.24, 2.45) is 0 Å². The highest BCUT2D eigenvalue weighted by molar-refractivity contribution is 7.99. The molecule has 4 rings (SSSR count). The molecular formula is C15H11N5O5S. The molecule has 0 radical (unpaired) electrons. The van der Waals surface area contributed by atoms with Gasteiger partial charge in [0.25, 0.3) is 5.69 Å². The molecule has 10 nitrogen and oxygen atoms in total. The minimum absolute atomic E-state index is 0.111. The van der Waals surface area contributed by atoms with Crippen molar-refractivity contribution in [3.05, 3.63) is 57.1 Å². The standard InChI is InChI=1S/C15H11N5O5S/c21-14-17-18-15(26-13-4-2-10(8-16-13)20(22)23)19(14)9-1-3-11-12(7-9)25-6-5-24-11/h1-4,7-8H,5-6H2,(H,17,21). The Labute approximate surface area is 149 Å². The van der Waals surface area contributed by atoms with E-state index in [0.29, 0.717) is 40.6 Å². The highest BCUT2D eigenvalue weighted by atomic mass is 32.2. The topological polar surface area (TPSA) is 125 Å². The molecule has 0 spiro atoms. The smallest absolute Gasteiger partial charge is 0.348 e. The van der Waals surface area contributed by atoms with Gasteiger partial charge in [-0.05, 0) is 30.0 Å². The van der Waals surface area contributed by atoms with Crippen molar-refractivity contribution in [2.75, 3.05) is 13.2 Å². The molecule has 1 aliphatic heterocycles. The van der Waals surface area contributed by atoms with Crippen LogP contribution in [0.3, 0.4) is 0 Å². The number of aromatic amines is 1. The summed E-state index contributed by atoms with van der Waals surface area (Å²) in [6.45, 7) is 0.913. The SMILES string of the molecule is O=c1[nH]nc(Sc2ccc([N+](=O)[O-])cn2)n1-c1ccc2c(c1)OCCO2. The number of nitrogens with one attached hydrogen (secondary N) is 1. The molecular weight excluding hydrogens is 362 g/mol. The van der Waals surface area contributed by atoms with E-state index in [1.165, 1.54) is 16.7 Å². The monoisotopic (exact) mass is 373 g/mol. The summed E-state index contributed by atoms with van der Waals surface area (Å²) in [6, 6.07) is 7.98. The Morgan fingerprint density at radius 1 is 1.19 bits per heavy atom. The van der Waals surface area contributed by atoms with Crippen LogP contribution < -0.4 is 15.2 Å². The van der Waals surface area contributed by atoms with Crippen molar-refractivity contribution < 1.29 is 14.4 Å². The molecule has 26 heavy (non-hydrogen) atoms. The fourth-order valence-electron chi connectivity index (χ4n) is 2.38. The largest absolute Gasteiger partial charge is 0.486 e. The van der Waals surface area contributed by atoms with E-state index in [1.807, 2.05) is 0 Å². The predicted octanol–water partition coefficient (Wildman–Crippen LogP) is 1.79. The van der Waals surface area contributed by atoms with E-state index in [9.17, 15) is 14.9 Å². The molecule has 0 fully saturated rings. The Hall–Kier alpha value is -3.34. The lowest BCUT2D eigenvalue weighted by atomic mass is 10.2. The molecule has 11 heteroatoms. The van der Waals surface area contributed by atoms with Crippen molar-refractivity contribution in [1.29, 1.82) is 0 Å². The second-order valence-corrected chi connectivity index (χ2v) is 6.18. The van der Waals surface area contributed by atoms with Crippen LogP contribution in [-0.4, -0.2) is 37.9 Å². The van der Waals surface area contributed by atoms with Gasteiger partial charge < -0.3 is 9.47 Å². The molecule has 1 aromatic carbocycles. The molecule has 132 valence electrons. The van der Waals surface area contributed by atoms with Crippen LogP contribution in [0.1, 0.15) is 0 Å². The van der Waals surface area contributed by atoms with Crippen molar-refractivity contribution in [1.82, 2.24) is 19.7 Å². The number of aromatic nitrogens is 4. The Kier molecular flexibility index (Phi) is 4.05. The normalized spacial score (nSPS) is 12.8. The summed E-state index contributed by atoms with van der Waals surface area (Å²) in [6.07, 6.45) is 1.15. The summed E-state index contributed by atoms with van der Waals surface area (Å²) < 4.78 is 12.4. The number of hydrogen-bond donors (Lipinski definition) is 1. The van der Waals surface area contributed by atoms with Crippen LogP contribution in [0, 0.1) is 10.1 Å². The van der Waals surface area contributed by atoms with E-state index < -0.39 is 10.6 Å². The Bertz CT molecular complexity index is 1030. The molecule has 2 aromatic heterocycles. The Morgan fingerprint density at radius 3 is 2.73 bits per heavy atom. The number of H-pyrrole nitrogens is 1.